The van der Waals surface area contributed by atoms with E-state index in [4.69, 9.17) is 10.5 Å². The van der Waals surface area contributed by atoms with Crippen LogP contribution in [0.2, 0.25) is 0 Å². The molecule has 1 aliphatic heterocycles. The molecule has 3 heterocycles. The number of anilines is 1. The second-order valence-electron chi connectivity index (χ2n) is 8.43. The van der Waals surface area contributed by atoms with Crippen molar-refractivity contribution in [3.8, 4) is 11.8 Å². The molecule has 202 valence electrons. The summed E-state index contributed by atoms with van der Waals surface area (Å²) < 4.78 is 38.2. The zero-order valence-corrected chi connectivity index (χ0v) is 22.1. The van der Waals surface area contributed by atoms with Gasteiger partial charge >= 0.3 is 0 Å². The molecule has 1 aromatic carbocycles. The Hall–Kier alpha value is -3.89. The summed E-state index contributed by atoms with van der Waals surface area (Å²) in [7, 11) is 1.53. The van der Waals surface area contributed by atoms with Crippen molar-refractivity contribution in [2.45, 2.75) is 25.9 Å². The van der Waals surface area contributed by atoms with Crippen molar-refractivity contribution >= 4 is 42.2 Å². The lowest BCUT2D eigenvalue weighted by molar-refractivity contribution is -0.125. The molecule has 0 aliphatic carbocycles. The highest BCUT2D eigenvalue weighted by Gasteiger charge is 2.31. The van der Waals surface area contributed by atoms with Gasteiger partial charge in [0.25, 0.3) is 5.91 Å². The Bertz CT molecular complexity index is 1440. The van der Waals surface area contributed by atoms with E-state index in [0.29, 0.717) is 50.5 Å². The minimum Gasteiger partial charge on any atom is -0.383 e. The van der Waals surface area contributed by atoms with Crippen LogP contribution in [0.15, 0.2) is 25.0 Å². The first-order valence-corrected chi connectivity index (χ1v) is 11.7. The van der Waals surface area contributed by atoms with Crippen molar-refractivity contribution in [3.63, 3.8) is 0 Å². The molecule has 1 atom stereocenters. The number of amides is 2. The number of methoxy groups -OCH3 is 1. The van der Waals surface area contributed by atoms with Crippen LogP contribution in [0, 0.1) is 23.5 Å². The average molecular weight is 546 g/mol. The number of carbonyl (C=O) groups excluding carboxylic acids is 2. The highest BCUT2D eigenvalue weighted by atomic mass is 32.1. The van der Waals surface area contributed by atoms with Crippen molar-refractivity contribution in [2.24, 2.45) is 5.73 Å². The fraction of sp³-hybridized carbons (Fsp3) is 0.360. The summed E-state index contributed by atoms with van der Waals surface area (Å²) in [5, 5.41) is 7.57. The monoisotopic (exact) mass is 545 g/mol. The van der Waals surface area contributed by atoms with Gasteiger partial charge in [0, 0.05) is 39.4 Å². The largest absolute Gasteiger partial charge is 0.383 e. The molecular formula is C25H29F2N7O3S. The Labute approximate surface area is 225 Å². The Morgan fingerprint density at radius 1 is 1.37 bits per heavy atom. The zero-order chi connectivity index (χ0) is 26.7. The summed E-state index contributed by atoms with van der Waals surface area (Å²) in [6, 6.07) is 0.888. The predicted octanol–water partition coefficient (Wildman–Crippen LogP) is 2.16. The number of nitrogens with one attached hydrogen (secondary N) is 1. The summed E-state index contributed by atoms with van der Waals surface area (Å²) in [5.41, 5.74) is 5.44. The molecular weight excluding hydrogens is 516 g/mol. The van der Waals surface area contributed by atoms with E-state index < -0.39 is 23.1 Å². The second-order valence-corrected chi connectivity index (χ2v) is 8.43. The van der Waals surface area contributed by atoms with E-state index in [0.717, 1.165) is 0 Å². The Balaban J connectivity index is 0.00000400. The van der Waals surface area contributed by atoms with Crippen LogP contribution >= 0.6 is 13.5 Å². The number of ether oxygens (including phenoxy) is 1. The number of aryl methyl sites for hydroxylation is 1. The van der Waals surface area contributed by atoms with Crippen LogP contribution in [0.3, 0.4) is 0 Å². The van der Waals surface area contributed by atoms with Crippen LogP contribution in [0.1, 0.15) is 41.0 Å². The van der Waals surface area contributed by atoms with Crippen LogP contribution < -0.4 is 11.1 Å². The Morgan fingerprint density at radius 2 is 2.13 bits per heavy atom. The van der Waals surface area contributed by atoms with Gasteiger partial charge in [0.1, 0.15) is 22.7 Å². The zero-order valence-electron chi connectivity index (χ0n) is 21.1. The fourth-order valence-electron chi connectivity index (χ4n) is 4.35. The van der Waals surface area contributed by atoms with Gasteiger partial charge in [0.15, 0.2) is 11.5 Å². The second kappa shape index (κ2) is 12.1. The third-order valence-electron chi connectivity index (χ3n) is 6.21. The predicted molar refractivity (Wildman–Crippen MR) is 143 cm³/mol. The van der Waals surface area contributed by atoms with E-state index in [1.165, 1.54) is 25.6 Å². The van der Waals surface area contributed by atoms with Crippen molar-refractivity contribution in [3.05, 3.63) is 53.5 Å². The molecule has 3 aromatic rings. The average Bonchev–Trinajstić information content (AvgIpc) is 3.60. The summed E-state index contributed by atoms with van der Waals surface area (Å²) in [4.78, 5) is 30.2. The number of primary amides is 1. The summed E-state index contributed by atoms with van der Waals surface area (Å²) in [6.45, 7) is 7.31. The first kappa shape index (κ1) is 28.7. The van der Waals surface area contributed by atoms with Gasteiger partial charge in [-0.1, -0.05) is 12.5 Å². The SMILES string of the molecule is C=CC(=O)N1CC[C@H](n2nc(C#Cc3c(F)cc4c(ncn4CC)c3F)c(C(N)=O)c2NCCOC)C1.S. The number of benzene rings is 1. The summed E-state index contributed by atoms with van der Waals surface area (Å²) in [6.07, 6.45) is 3.22. The van der Waals surface area contributed by atoms with Crippen LogP contribution in [0.4, 0.5) is 14.6 Å². The number of rotatable bonds is 8. The molecule has 2 amide bonds. The van der Waals surface area contributed by atoms with Gasteiger partial charge in [0.05, 0.1) is 30.1 Å². The minimum absolute atomic E-state index is 0. The van der Waals surface area contributed by atoms with Crippen molar-refractivity contribution in [1.29, 1.82) is 0 Å². The quantitative estimate of drug-likeness (QED) is 0.254. The minimum atomic E-state index is -0.900. The van der Waals surface area contributed by atoms with Gasteiger partial charge in [0.2, 0.25) is 5.91 Å². The first-order valence-electron chi connectivity index (χ1n) is 11.7. The first-order chi connectivity index (χ1) is 17.8. The molecule has 0 radical (unpaired) electrons. The van der Waals surface area contributed by atoms with Crippen LogP contribution in [0.25, 0.3) is 11.0 Å². The maximum atomic E-state index is 15.1. The highest BCUT2D eigenvalue weighted by molar-refractivity contribution is 7.59. The number of imidazole rings is 1. The van der Waals surface area contributed by atoms with E-state index >= 15 is 4.39 Å². The third kappa shape index (κ3) is 5.36. The molecule has 1 saturated heterocycles. The maximum absolute atomic E-state index is 15.1. The van der Waals surface area contributed by atoms with E-state index in [1.54, 1.807) is 14.1 Å². The highest BCUT2D eigenvalue weighted by Crippen LogP contribution is 2.29. The van der Waals surface area contributed by atoms with Gasteiger partial charge in [-0.05, 0) is 25.3 Å². The molecule has 1 fully saturated rings. The van der Waals surface area contributed by atoms with Gasteiger partial charge < -0.3 is 25.3 Å². The lowest BCUT2D eigenvalue weighted by Gasteiger charge is -2.17. The van der Waals surface area contributed by atoms with Crippen molar-refractivity contribution in [1.82, 2.24) is 24.2 Å². The summed E-state index contributed by atoms with van der Waals surface area (Å²) >= 11 is 0. The molecule has 0 unspecified atom stereocenters. The molecule has 0 spiro atoms. The number of fused-ring (bicyclic) bond motifs is 1. The Kier molecular flexibility index (Phi) is 9.13. The number of aromatic nitrogens is 4. The third-order valence-corrected chi connectivity index (χ3v) is 6.21. The Morgan fingerprint density at radius 3 is 2.79 bits per heavy atom. The smallest absolute Gasteiger partial charge is 0.255 e. The van der Waals surface area contributed by atoms with Crippen molar-refractivity contribution < 1.29 is 23.1 Å². The molecule has 4 rings (SSSR count). The number of hydrogen-bond acceptors (Lipinski definition) is 6. The molecule has 2 aromatic heterocycles. The van der Waals surface area contributed by atoms with Gasteiger partial charge in [-0.2, -0.15) is 18.6 Å². The molecule has 0 bridgehead atoms. The van der Waals surface area contributed by atoms with Gasteiger partial charge in [-0.3, -0.25) is 9.59 Å². The topological polar surface area (TPSA) is 120 Å². The lowest BCUT2D eigenvalue weighted by Crippen LogP contribution is -2.28. The molecule has 3 N–H and O–H groups in total. The fourth-order valence-corrected chi connectivity index (χ4v) is 4.35. The number of nitrogens with zero attached hydrogens (tertiary/aromatic N) is 5. The van der Waals surface area contributed by atoms with E-state index in [2.05, 4.69) is 33.8 Å². The molecule has 0 saturated carbocycles. The van der Waals surface area contributed by atoms with Gasteiger partial charge in [-0.25, -0.2) is 18.4 Å². The standard InChI is InChI=1S/C25H27F2N7O3.H2S/c1-4-20(35)33-10-8-15(13-33)34-25(29-9-11-37-3)21(24(28)36)18(31-34)7-6-16-17(26)12-19-23(22(16)27)30-14-32(19)5-2;/h4,12,14-15,29H,1,5,8-11,13H2,2-3H3,(H2,28,36);1H2/t15-;/m0./s1. The number of hydrogen-bond donors (Lipinski definition) is 2. The normalized spacial score (nSPS) is 14.6. The maximum Gasteiger partial charge on any atom is 0.255 e. The van der Waals surface area contributed by atoms with Crippen LogP contribution in [-0.2, 0) is 16.1 Å². The number of halogens is 2. The number of nitrogens with two attached hydrogens (primary N) is 1. The molecule has 38 heavy (non-hydrogen) atoms. The van der Waals surface area contributed by atoms with E-state index in [1.807, 2.05) is 6.92 Å². The molecule has 13 heteroatoms. The van der Waals surface area contributed by atoms with Crippen LogP contribution in [-0.4, -0.2) is 69.4 Å². The number of carbonyl (C=O) groups is 2. The van der Waals surface area contributed by atoms with E-state index in [9.17, 15) is 14.0 Å². The lowest BCUT2D eigenvalue weighted by atomic mass is 10.1. The molecule has 1 aliphatic rings. The molecule has 10 nitrogen and oxygen atoms in total. The van der Waals surface area contributed by atoms with Crippen LogP contribution in [0.5, 0.6) is 0 Å². The number of likely N-dealkylation sites (tertiary alicyclic amines) is 1. The summed E-state index contributed by atoms with van der Waals surface area (Å²) in [5.74, 6) is 2.62. The van der Waals surface area contributed by atoms with Gasteiger partial charge in [-0.15, -0.1) is 0 Å². The van der Waals surface area contributed by atoms with E-state index in [-0.39, 0.29) is 42.2 Å². The van der Waals surface area contributed by atoms with Crippen molar-refractivity contribution in [2.75, 3.05) is 38.7 Å².